The first-order valence-corrected chi connectivity index (χ1v) is 8.93. The second kappa shape index (κ2) is 8.80. The molecule has 0 unspecified atom stereocenters. The molecule has 0 aliphatic rings. The van der Waals surface area contributed by atoms with E-state index in [2.05, 4.69) is 15.3 Å². The van der Waals surface area contributed by atoms with Gasteiger partial charge in [-0.25, -0.2) is 9.37 Å². The van der Waals surface area contributed by atoms with Crippen LogP contribution >= 0.6 is 11.3 Å². The molecule has 0 radical (unpaired) electrons. The molecule has 0 bridgehead atoms. The van der Waals surface area contributed by atoms with Crippen molar-refractivity contribution in [1.82, 2.24) is 15.2 Å². The number of nitrogens with one attached hydrogen (secondary N) is 1. The lowest BCUT2D eigenvalue weighted by atomic mass is 10.2. The van der Waals surface area contributed by atoms with Crippen LogP contribution < -0.4 is 10.1 Å². The van der Waals surface area contributed by atoms with E-state index < -0.39 is 0 Å². The molecule has 0 atom stereocenters. The van der Waals surface area contributed by atoms with Gasteiger partial charge in [0.05, 0.1) is 17.8 Å². The summed E-state index contributed by atoms with van der Waals surface area (Å²) >= 11 is 1.73. The molecule has 0 aliphatic carbocycles. The van der Waals surface area contributed by atoms with Gasteiger partial charge in [-0.3, -0.25) is 4.99 Å². The maximum Gasteiger partial charge on any atom is 0.193 e. The van der Waals surface area contributed by atoms with E-state index in [1.165, 1.54) is 18.1 Å². The highest BCUT2D eigenvalue weighted by Crippen LogP contribution is 2.19. The smallest absolute Gasteiger partial charge is 0.193 e. The first-order chi connectivity index (χ1) is 11.9. The third-order valence-electron chi connectivity index (χ3n) is 3.84. The summed E-state index contributed by atoms with van der Waals surface area (Å²) in [5.41, 5.74) is 1.96. The fourth-order valence-corrected chi connectivity index (χ4v) is 3.57. The van der Waals surface area contributed by atoms with E-state index >= 15 is 0 Å². The molecule has 0 amide bonds. The molecule has 0 fully saturated rings. The summed E-state index contributed by atoms with van der Waals surface area (Å²) in [6, 6.07) is 4.99. The summed E-state index contributed by atoms with van der Waals surface area (Å²) in [6.07, 6.45) is 0.904. The molecule has 0 saturated carbocycles. The number of methoxy groups -OCH3 is 1. The number of hydrogen-bond donors (Lipinski definition) is 1. The van der Waals surface area contributed by atoms with Crippen LogP contribution in [-0.4, -0.2) is 43.6 Å². The van der Waals surface area contributed by atoms with Gasteiger partial charge < -0.3 is 15.0 Å². The lowest BCUT2D eigenvalue weighted by Crippen LogP contribution is -2.39. The number of guanidine groups is 1. The zero-order valence-electron chi connectivity index (χ0n) is 15.4. The highest BCUT2D eigenvalue weighted by molar-refractivity contribution is 7.11. The van der Waals surface area contributed by atoms with E-state index in [0.717, 1.165) is 35.2 Å². The molecule has 1 N–H and O–H groups in total. The van der Waals surface area contributed by atoms with Gasteiger partial charge in [-0.05, 0) is 31.5 Å². The molecule has 25 heavy (non-hydrogen) atoms. The van der Waals surface area contributed by atoms with E-state index in [1.54, 1.807) is 24.5 Å². The molecular weight excluding hydrogens is 339 g/mol. The van der Waals surface area contributed by atoms with Crippen LogP contribution in [0.15, 0.2) is 23.2 Å². The quantitative estimate of drug-likeness (QED) is 0.632. The molecule has 1 aromatic carbocycles. The minimum absolute atomic E-state index is 0.254. The summed E-state index contributed by atoms with van der Waals surface area (Å²) in [5.74, 6) is 0.673. The van der Waals surface area contributed by atoms with Crippen LogP contribution in [0.25, 0.3) is 0 Å². The second-order valence-electron chi connectivity index (χ2n) is 5.79. The van der Waals surface area contributed by atoms with Crippen molar-refractivity contribution in [2.45, 2.75) is 26.8 Å². The molecule has 136 valence electrons. The van der Waals surface area contributed by atoms with Crippen molar-refractivity contribution < 1.29 is 9.13 Å². The van der Waals surface area contributed by atoms with E-state index in [9.17, 15) is 4.39 Å². The van der Waals surface area contributed by atoms with Crippen molar-refractivity contribution in [1.29, 1.82) is 0 Å². The third kappa shape index (κ3) is 5.16. The molecule has 0 aliphatic heterocycles. The molecule has 0 saturated heterocycles. The molecule has 7 heteroatoms. The maximum atomic E-state index is 13.8. The predicted molar refractivity (Wildman–Crippen MR) is 101 cm³/mol. The number of hydrogen-bond acceptors (Lipinski definition) is 4. The number of benzene rings is 1. The monoisotopic (exact) mass is 364 g/mol. The first-order valence-electron chi connectivity index (χ1n) is 8.11. The molecule has 0 spiro atoms. The van der Waals surface area contributed by atoms with E-state index in [0.29, 0.717) is 6.54 Å². The van der Waals surface area contributed by atoms with Crippen LogP contribution in [0.4, 0.5) is 4.39 Å². The number of thiazole rings is 1. The van der Waals surface area contributed by atoms with Crippen LogP contribution in [-0.2, 0) is 13.0 Å². The van der Waals surface area contributed by atoms with Gasteiger partial charge in [-0.1, -0.05) is 6.07 Å². The average Bonchev–Trinajstić information content (AvgIpc) is 2.89. The van der Waals surface area contributed by atoms with Crippen molar-refractivity contribution in [3.63, 3.8) is 0 Å². The Morgan fingerprint density at radius 2 is 2.16 bits per heavy atom. The van der Waals surface area contributed by atoms with Crippen molar-refractivity contribution >= 4 is 17.3 Å². The summed E-state index contributed by atoms with van der Waals surface area (Å²) < 4.78 is 18.8. The lowest BCUT2D eigenvalue weighted by molar-refractivity contribution is 0.385. The molecule has 2 rings (SSSR count). The molecule has 1 heterocycles. The summed E-state index contributed by atoms with van der Waals surface area (Å²) in [6.45, 7) is 5.39. The van der Waals surface area contributed by atoms with Gasteiger partial charge in [0.15, 0.2) is 17.5 Å². The van der Waals surface area contributed by atoms with Gasteiger partial charge in [0.2, 0.25) is 0 Å². The Balaban J connectivity index is 1.91. The highest BCUT2D eigenvalue weighted by Gasteiger charge is 2.10. The minimum atomic E-state index is -0.354. The van der Waals surface area contributed by atoms with E-state index in [-0.39, 0.29) is 11.6 Å². The zero-order chi connectivity index (χ0) is 18.4. The topological polar surface area (TPSA) is 49.8 Å². The molecule has 5 nitrogen and oxygen atoms in total. The van der Waals surface area contributed by atoms with Gasteiger partial charge in [-0.15, -0.1) is 11.3 Å². The van der Waals surface area contributed by atoms with Crippen molar-refractivity contribution in [2.24, 2.45) is 4.99 Å². The first kappa shape index (κ1) is 19.2. The Morgan fingerprint density at radius 1 is 1.40 bits per heavy atom. The van der Waals surface area contributed by atoms with Gasteiger partial charge >= 0.3 is 0 Å². The average molecular weight is 364 g/mol. The number of nitrogens with zero attached hydrogens (tertiary/aromatic N) is 3. The number of rotatable bonds is 6. The molecule has 1 aromatic heterocycles. The fraction of sp³-hybridized carbons (Fsp3) is 0.444. The predicted octanol–water partition coefficient (Wildman–Crippen LogP) is 3.16. The normalized spacial score (nSPS) is 11.5. The largest absolute Gasteiger partial charge is 0.494 e. The minimum Gasteiger partial charge on any atom is -0.494 e. The summed E-state index contributed by atoms with van der Waals surface area (Å²) in [7, 11) is 5.14. The number of ether oxygens (including phenoxy) is 1. The van der Waals surface area contributed by atoms with Crippen molar-refractivity contribution in [3.05, 3.63) is 45.2 Å². The van der Waals surface area contributed by atoms with Gasteiger partial charge in [0.25, 0.3) is 0 Å². The third-order valence-corrected chi connectivity index (χ3v) is 4.98. The number of aromatic nitrogens is 1. The van der Waals surface area contributed by atoms with E-state index in [1.807, 2.05) is 31.9 Å². The Bertz CT molecular complexity index is 745. The molecule has 2 aromatic rings. The van der Waals surface area contributed by atoms with Crippen LogP contribution in [0.5, 0.6) is 5.75 Å². The maximum absolute atomic E-state index is 13.8. The van der Waals surface area contributed by atoms with Crippen molar-refractivity contribution in [2.75, 3.05) is 27.7 Å². The summed E-state index contributed by atoms with van der Waals surface area (Å²) in [5, 5.41) is 4.44. The van der Waals surface area contributed by atoms with Crippen LogP contribution in [0.3, 0.4) is 0 Å². The Kier molecular flexibility index (Phi) is 6.75. The Morgan fingerprint density at radius 3 is 2.72 bits per heavy atom. The SMILES string of the molecule is CN=C(NCCc1sc(C)nc1C)N(C)Cc1ccc(OC)c(F)c1. The Labute approximate surface area is 152 Å². The second-order valence-corrected chi connectivity index (χ2v) is 7.08. The Hall–Kier alpha value is -2.15. The standard InChI is InChI=1S/C18H25FN4OS/c1-12-17(25-13(2)22-12)8-9-21-18(20-3)23(4)11-14-6-7-16(24-5)15(19)10-14/h6-7,10H,8-9,11H2,1-5H3,(H,20,21). The van der Waals surface area contributed by atoms with Crippen molar-refractivity contribution in [3.8, 4) is 5.75 Å². The van der Waals surface area contributed by atoms with Crippen LogP contribution in [0.1, 0.15) is 21.1 Å². The highest BCUT2D eigenvalue weighted by atomic mass is 32.1. The van der Waals surface area contributed by atoms with E-state index in [4.69, 9.17) is 4.74 Å². The zero-order valence-corrected chi connectivity index (χ0v) is 16.2. The number of halogens is 1. The number of aryl methyl sites for hydroxylation is 2. The fourth-order valence-electron chi connectivity index (χ4n) is 2.63. The lowest BCUT2D eigenvalue weighted by Gasteiger charge is -2.22. The summed E-state index contributed by atoms with van der Waals surface area (Å²) in [4.78, 5) is 12.0. The van der Waals surface area contributed by atoms with Gasteiger partial charge in [-0.2, -0.15) is 0 Å². The van der Waals surface area contributed by atoms with Crippen LogP contribution in [0.2, 0.25) is 0 Å². The van der Waals surface area contributed by atoms with Gasteiger partial charge in [0, 0.05) is 38.5 Å². The van der Waals surface area contributed by atoms with Gasteiger partial charge in [0.1, 0.15) is 0 Å². The molecular formula is C18H25FN4OS. The van der Waals surface area contributed by atoms with Crippen LogP contribution in [0, 0.1) is 19.7 Å². The number of aliphatic imine (C=N–C) groups is 1.